The van der Waals surface area contributed by atoms with E-state index >= 15 is 0 Å². The SMILES string of the molecule is O=C(CCc1ccc2c(c1)OCCCO2)NCCCN1CCN(c2ccccc2F)CC1. The molecule has 1 amide bonds. The largest absolute Gasteiger partial charge is 0.490 e. The summed E-state index contributed by atoms with van der Waals surface area (Å²) in [6, 6.07) is 12.9. The van der Waals surface area contributed by atoms with E-state index in [0.29, 0.717) is 38.3 Å². The third-order valence-electron chi connectivity index (χ3n) is 5.99. The van der Waals surface area contributed by atoms with Crippen LogP contribution < -0.4 is 19.7 Å². The summed E-state index contributed by atoms with van der Waals surface area (Å²) in [4.78, 5) is 16.7. The van der Waals surface area contributed by atoms with E-state index in [-0.39, 0.29) is 11.7 Å². The van der Waals surface area contributed by atoms with Crippen LogP contribution in [0.1, 0.15) is 24.8 Å². The maximum absolute atomic E-state index is 14.0. The van der Waals surface area contributed by atoms with Crippen molar-refractivity contribution >= 4 is 11.6 Å². The zero-order valence-corrected chi connectivity index (χ0v) is 18.5. The molecule has 7 heteroatoms. The monoisotopic (exact) mass is 441 g/mol. The summed E-state index contributed by atoms with van der Waals surface area (Å²) < 4.78 is 25.3. The first-order valence-electron chi connectivity index (χ1n) is 11.6. The van der Waals surface area contributed by atoms with Crippen LogP contribution in [0.2, 0.25) is 0 Å². The second-order valence-electron chi connectivity index (χ2n) is 8.32. The second kappa shape index (κ2) is 11.2. The minimum Gasteiger partial charge on any atom is -0.490 e. The highest BCUT2D eigenvalue weighted by molar-refractivity contribution is 5.76. The van der Waals surface area contributed by atoms with Gasteiger partial charge in [0, 0.05) is 45.6 Å². The van der Waals surface area contributed by atoms with Crippen molar-refractivity contribution in [1.29, 1.82) is 0 Å². The number of carbonyl (C=O) groups is 1. The summed E-state index contributed by atoms with van der Waals surface area (Å²) in [7, 11) is 0. The molecule has 0 atom stereocenters. The first-order chi connectivity index (χ1) is 15.7. The highest BCUT2D eigenvalue weighted by Gasteiger charge is 2.19. The Labute approximate surface area is 189 Å². The topological polar surface area (TPSA) is 54.0 Å². The number of hydrogen-bond acceptors (Lipinski definition) is 5. The van der Waals surface area contributed by atoms with Gasteiger partial charge in [-0.1, -0.05) is 18.2 Å². The van der Waals surface area contributed by atoms with Crippen LogP contribution in [-0.2, 0) is 11.2 Å². The fraction of sp³-hybridized carbons (Fsp3) is 0.480. The number of amides is 1. The number of hydrogen-bond donors (Lipinski definition) is 1. The summed E-state index contributed by atoms with van der Waals surface area (Å²) in [6.07, 6.45) is 2.94. The molecule has 2 aliphatic rings. The number of ether oxygens (including phenoxy) is 2. The van der Waals surface area contributed by atoms with E-state index in [1.165, 1.54) is 6.07 Å². The third kappa shape index (κ3) is 6.13. The predicted molar refractivity (Wildman–Crippen MR) is 123 cm³/mol. The average Bonchev–Trinajstić information content (AvgIpc) is 3.06. The molecule has 4 rings (SSSR count). The van der Waals surface area contributed by atoms with Crippen LogP contribution in [-0.4, -0.2) is 63.3 Å². The summed E-state index contributed by atoms with van der Waals surface area (Å²) in [5.41, 5.74) is 1.77. The third-order valence-corrected chi connectivity index (χ3v) is 5.99. The van der Waals surface area contributed by atoms with Crippen molar-refractivity contribution in [3.63, 3.8) is 0 Å². The molecule has 172 valence electrons. The maximum Gasteiger partial charge on any atom is 0.220 e. The van der Waals surface area contributed by atoms with Crippen molar-refractivity contribution < 1.29 is 18.7 Å². The number of fused-ring (bicyclic) bond motifs is 1. The van der Waals surface area contributed by atoms with Crippen LogP contribution >= 0.6 is 0 Å². The molecule has 0 bridgehead atoms. The number of carbonyl (C=O) groups excluding carboxylic acids is 1. The fourth-order valence-electron chi connectivity index (χ4n) is 4.16. The number of halogens is 1. The molecule has 2 aliphatic heterocycles. The Morgan fingerprint density at radius 2 is 1.78 bits per heavy atom. The van der Waals surface area contributed by atoms with Gasteiger partial charge < -0.3 is 19.7 Å². The van der Waals surface area contributed by atoms with Crippen molar-refractivity contribution in [3.05, 3.63) is 53.8 Å². The Morgan fingerprint density at radius 1 is 1.00 bits per heavy atom. The van der Waals surface area contributed by atoms with Gasteiger partial charge in [0.25, 0.3) is 0 Å². The zero-order chi connectivity index (χ0) is 22.2. The molecule has 0 aromatic heterocycles. The number of anilines is 1. The van der Waals surface area contributed by atoms with Gasteiger partial charge in [-0.15, -0.1) is 0 Å². The first kappa shape index (κ1) is 22.4. The molecule has 2 aromatic carbocycles. The van der Waals surface area contributed by atoms with Crippen LogP contribution in [0.5, 0.6) is 11.5 Å². The smallest absolute Gasteiger partial charge is 0.220 e. The fourth-order valence-corrected chi connectivity index (χ4v) is 4.16. The summed E-state index contributed by atoms with van der Waals surface area (Å²) in [5, 5.41) is 3.03. The molecule has 1 N–H and O–H groups in total. The van der Waals surface area contributed by atoms with Gasteiger partial charge >= 0.3 is 0 Å². The van der Waals surface area contributed by atoms with Gasteiger partial charge in [0.1, 0.15) is 5.82 Å². The highest BCUT2D eigenvalue weighted by atomic mass is 19.1. The number of aryl methyl sites for hydroxylation is 1. The molecule has 0 saturated carbocycles. The van der Waals surface area contributed by atoms with Crippen LogP contribution in [0.15, 0.2) is 42.5 Å². The number of piperazine rings is 1. The zero-order valence-electron chi connectivity index (χ0n) is 18.5. The molecule has 1 saturated heterocycles. The lowest BCUT2D eigenvalue weighted by atomic mass is 10.1. The summed E-state index contributed by atoms with van der Waals surface area (Å²) >= 11 is 0. The molecular formula is C25H32FN3O3. The molecule has 32 heavy (non-hydrogen) atoms. The van der Waals surface area contributed by atoms with Gasteiger partial charge in [-0.3, -0.25) is 9.69 Å². The Balaban J connectivity index is 1.11. The van der Waals surface area contributed by atoms with E-state index in [0.717, 1.165) is 62.6 Å². The predicted octanol–water partition coefficient (Wildman–Crippen LogP) is 3.25. The van der Waals surface area contributed by atoms with Gasteiger partial charge in [-0.2, -0.15) is 0 Å². The molecule has 0 radical (unpaired) electrons. The van der Waals surface area contributed by atoms with E-state index in [1.807, 2.05) is 30.3 Å². The Morgan fingerprint density at radius 3 is 2.59 bits per heavy atom. The lowest BCUT2D eigenvalue weighted by Gasteiger charge is -2.36. The van der Waals surface area contributed by atoms with Gasteiger partial charge in [0.15, 0.2) is 11.5 Å². The standard InChI is InChI=1S/C25H32FN3O3/c26-21-5-1-2-6-22(21)29-15-13-28(14-16-29)12-3-11-27-25(30)10-8-20-7-9-23-24(19-20)32-18-4-17-31-23/h1-2,5-7,9,19H,3-4,8,10-18H2,(H,27,30). The quantitative estimate of drug-likeness (QED) is 0.638. The van der Waals surface area contributed by atoms with Gasteiger partial charge in [-0.05, 0) is 49.2 Å². The van der Waals surface area contributed by atoms with Crippen LogP contribution in [0, 0.1) is 5.82 Å². The highest BCUT2D eigenvalue weighted by Crippen LogP contribution is 2.30. The minimum atomic E-state index is -0.157. The number of nitrogens with one attached hydrogen (secondary N) is 1. The van der Waals surface area contributed by atoms with Crippen LogP contribution in [0.4, 0.5) is 10.1 Å². The van der Waals surface area contributed by atoms with E-state index in [1.54, 1.807) is 6.07 Å². The van der Waals surface area contributed by atoms with Gasteiger partial charge in [0.05, 0.1) is 18.9 Å². The van der Waals surface area contributed by atoms with E-state index in [4.69, 9.17) is 9.47 Å². The molecule has 0 aliphatic carbocycles. The molecule has 2 aromatic rings. The molecular weight excluding hydrogens is 409 g/mol. The summed E-state index contributed by atoms with van der Waals surface area (Å²) in [6.45, 7) is 6.41. The Bertz CT molecular complexity index is 900. The normalized spacial score (nSPS) is 16.5. The first-order valence-corrected chi connectivity index (χ1v) is 11.6. The van der Waals surface area contributed by atoms with Crippen molar-refractivity contribution in [2.75, 3.05) is 57.4 Å². The minimum absolute atomic E-state index is 0.0708. The molecule has 0 spiro atoms. The Hall–Kier alpha value is -2.80. The Kier molecular flexibility index (Phi) is 7.82. The van der Waals surface area contributed by atoms with E-state index < -0.39 is 0 Å². The molecule has 0 unspecified atom stereocenters. The molecule has 6 nitrogen and oxygen atoms in total. The lowest BCUT2D eigenvalue weighted by molar-refractivity contribution is -0.121. The van der Waals surface area contributed by atoms with Crippen molar-refractivity contribution in [1.82, 2.24) is 10.2 Å². The van der Waals surface area contributed by atoms with Crippen LogP contribution in [0.3, 0.4) is 0 Å². The van der Waals surface area contributed by atoms with Crippen molar-refractivity contribution in [3.8, 4) is 11.5 Å². The van der Waals surface area contributed by atoms with Crippen molar-refractivity contribution in [2.45, 2.75) is 25.7 Å². The average molecular weight is 442 g/mol. The lowest BCUT2D eigenvalue weighted by Crippen LogP contribution is -2.47. The second-order valence-corrected chi connectivity index (χ2v) is 8.32. The van der Waals surface area contributed by atoms with Crippen LogP contribution in [0.25, 0.3) is 0 Å². The van der Waals surface area contributed by atoms with E-state index in [2.05, 4.69) is 15.1 Å². The maximum atomic E-state index is 14.0. The number of rotatable bonds is 8. The number of benzene rings is 2. The van der Waals surface area contributed by atoms with Crippen molar-refractivity contribution in [2.24, 2.45) is 0 Å². The van der Waals surface area contributed by atoms with Gasteiger partial charge in [-0.25, -0.2) is 4.39 Å². The number of para-hydroxylation sites is 1. The molecule has 2 heterocycles. The van der Waals surface area contributed by atoms with E-state index in [9.17, 15) is 9.18 Å². The summed E-state index contributed by atoms with van der Waals surface area (Å²) in [5.74, 6) is 1.47. The van der Waals surface area contributed by atoms with Gasteiger partial charge in [0.2, 0.25) is 5.91 Å². The number of nitrogens with zero attached hydrogens (tertiary/aromatic N) is 2. The molecule has 1 fully saturated rings.